The van der Waals surface area contributed by atoms with Gasteiger partial charge in [-0.2, -0.15) is 0 Å². The van der Waals surface area contributed by atoms with Crippen LogP contribution in [0.2, 0.25) is 5.02 Å². The maximum atomic E-state index is 10.9. The zero-order valence-electron chi connectivity index (χ0n) is 7.72. The molecule has 1 N–H and O–H groups in total. The van der Waals surface area contributed by atoms with Gasteiger partial charge in [0.25, 0.3) is 0 Å². The van der Waals surface area contributed by atoms with E-state index in [2.05, 4.69) is 0 Å². The van der Waals surface area contributed by atoms with Crippen molar-refractivity contribution >= 4 is 17.6 Å². The molecule has 1 aromatic carbocycles. The maximum Gasteiger partial charge on any atom is 0.352 e. The fourth-order valence-corrected chi connectivity index (χ4v) is 1.64. The summed E-state index contributed by atoms with van der Waals surface area (Å²) in [7, 11) is 0. The summed E-state index contributed by atoms with van der Waals surface area (Å²) in [6.07, 6.45) is 1.67. The predicted octanol–water partition coefficient (Wildman–Crippen LogP) is 2.83. The molecule has 0 amide bonds. The number of halogens is 1. The van der Waals surface area contributed by atoms with E-state index in [9.17, 15) is 4.79 Å². The highest BCUT2D eigenvalue weighted by Crippen LogP contribution is 2.21. The van der Waals surface area contributed by atoms with Crippen molar-refractivity contribution in [1.82, 2.24) is 4.57 Å². The molecule has 15 heavy (non-hydrogen) atoms. The van der Waals surface area contributed by atoms with Crippen molar-refractivity contribution in [3.63, 3.8) is 0 Å². The zero-order valence-corrected chi connectivity index (χ0v) is 8.48. The van der Waals surface area contributed by atoms with Gasteiger partial charge in [-0.3, -0.25) is 0 Å². The Balaban J connectivity index is 2.59. The standard InChI is InChI=1S/C11H8ClNO2/c12-8-4-1-2-5-9(8)13-7-3-6-10(13)11(14)15/h1-7H,(H,14,15). The Labute approximate surface area is 91.5 Å². The van der Waals surface area contributed by atoms with Crippen molar-refractivity contribution in [2.45, 2.75) is 0 Å². The van der Waals surface area contributed by atoms with Gasteiger partial charge >= 0.3 is 5.97 Å². The van der Waals surface area contributed by atoms with Gasteiger partial charge in [-0.1, -0.05) is 23.7 Å². The molecule has 0 atom stereocenters. The van der Waals surface area contributed by atoms with E-state index in [1.807, 2.05) is 6.07 Å². The number of para-hydroxylation sites is 1. The van der Waals surface area contributed by atoms with E-state index in [1.165, 1.54) is 6.07 Å². The lowest BCUT2D eigenvalue weighted by atomic mass is 10.3. The molecule has 76 valence electrons. The first kappa shape index (κ1) is 9.80. The summed E-state index contributed by atoms with van der Waals surface area (Å²) in [6.45, 7) is 0. The third kappa shape index (κ3) is 1.74. The summed E-state index contributed by atoms with van der Waals surface area (Å²) in [5, 5.41) is 9.47. The number of rotatable bonds is 2. The fraction of sp³-hybridized carbons (Fsp3) is 0. The molecule has 0 bridgehead atoms. The molecule has 0 aliphatic carbocycles. The predicted molar refractivity (Wildman–Crippen MR) is 57.7 cm³/mol. The number of carboxylic acids is 1. The molecule has 1 aromatic heterocycles. The molecule has 3 nitrogen and oxygen atoms in total. The number of hydrogen-bond acceptors (Lipinski definition) is 1. The van der Waals surface area contributed by atoms with Crippen LogP contribution in [0.4, 0.5) is 0 Å². The lowest BCUT2D eigenvalue weighted by molar-refractivity contribution is 0.0688. The lowest BCUT2D eigenvalue weighted by Gasteiger charge is -2.07. The Bertz CT molecular complexity index is 505. The fourth-order valence-electron chi connectivity index (χ4n) is 1.41. The van der Waals surface area contributed by atoms with Gasteiger partial charge in [-0.05, 0) is 24.3 Å². The minimum Gasteiger partial charge on any atom is -0.477 e. The average Bonchev–Trinajstić information content (AvgIpc) is 2.67. The van der Waals surface area contributed by atoms with Gasteiger partial charge in [-0.15, -0.1) is 0 Å². The molecule has 2 rings (SSSR count). The summed E-state index contributed by atoms with van der Waals surface area (Å²) in [4.78, 5) is 10.9. The van der Waals surface area contributed by atoms with Crippen LogP contribution in [0, 0.1) is 0 Å². The second-order valence-electron chi connectivity index (χ2n) is 3.02. The summed E-state index contributed by atoms with van der Waals surface area (Å²) < 4.78 is 1.55. The molecule has 2 aromatic rings. The van der Waals surface area contributed by atoms with Crippen LogP contribution in [-0.2, 0) is 0 Å². The molecule has 0 unspecified atom stereocenters. The number of aromatic carboxylic acids is 1. The van der Waals surface area contributed by atoms with E-state index in [0.717, 1.165) is 0 Å². The number of aromatic nitrogens is 1. The topological polar surface area (TPSA) is 42.2 Å². The van der Waals surface area contributed by atoms with Gasteiger partial charge in [0.05, 0.1) is 10.7 Å². The highest BCUT2D eigenvalue weighted by Gasteiger charge is 2.11. The van der Waals surface area contributed by atoms with Crippen LogP contribution >= 0.6 is 11.6 Å². The van der Waals surface area contributed by atoms with Crippen molar-refractivity contribution in [2.24, 2.45) is 0 Å². The van der Waals surface area contributed by atoms with Crippen LogP contribution < -0.4 is 0 Å². The average molecular weight is 222 g/mol. The van der Waals surface area contributed by atoms with Crippen LogP contribution in [0.15, 0.2) is 42.6 Å². The molecule has 0 aliphatic rings. The Morgan fingerprint density at radius 3 is 2.60 bits per heavy atom. The SMILES string of the molecule is O=C(O)c1cccn1-c1ccccc1Cl. The normalized spacial score (nSPS) is 10.2. The molecule has 0 saturated carbocycles. The zero-order chi connectivity index (χ0) is 10.8. The monoisotopic (exact) mass is 221 g/mol. The Kier molecular flexibility index (Phi) is 2.47. The molecule has 0 aliphatic heterocycles. The smallest absolute Gasteiger partial charge is 0.352 e. The van der Waals surface area contributed by atoms with Gasteiger partial charge in [0.1, 0.15) is 5.69 Å². The van der Waals surface area contributed by atoms with Gasteiger partial charge in [0, 0.05) is 6.20 Å². The number of carbonyl (C=O) groups is 1. The summed E-state index contributed by atoms with van der Waals surface area (Å²) in [5.74, 6) is -0.972. The van der Waals surface area contributed by atoms with Crippen molar-refractivity contribution < 1.29 is 9.90 Å². The van der Waals surface area contributed by atoms with Gasteiger partial charge in [-0.25, -0.2) is 4.79 Å². The van der Waals surface area contributed by atoms with Crippen LogP contribution in [0.3, 0.4) is 0 Å². The van der Waals surface area contributed by atoms with E-state index >= 15 is 0 Å². The second kappa shape index (κ2) is 3.79. The maximum absolute atomic E-state index is 10.9. The van der Waals surface area contributed by atoms with Crippen molar-refractivity contribution in [3.05, 3.63) is 53.3 Å². The molecule has 0 radical (unpaired) electrons. The van der Waals surface area contributed by atoms with Gasteiger partial charge < -0.3 is 9.67 Å². The van der Waals surface area contributed by atoms with Crippen LogP contribution in [0.5, 0.6) is 0 Å². The first-order valence-electron chi connectivity index (χ1n) is 4.35. The summed E-state index contributed by atoms with van der Waals surface area (Å²) in [6, 6.07) is 10.3. The van der Waals surface area contributed by atoms with E-state index in [0.29, 0.717) is 10.7 Å². The quantitative estimate of drug-likeness (QED) is 0.847. The minimum absolute atomic E-state index is 0.197. The molecule has 0 spiro atoms. The molecular formula is C11H8ClNO2. The summed E-state index contributed by atoms with van der Waals surface area (Å²) in [5.41, 5.74) is 0.865. The number of nitrogens with zero attached hydrogens (tertiary/aromatic N) is 1. The Morgan fingerprint density at radius 1 is 1.20 bits per heavy atom. The molecule has 1 heterocycles. The van der Waals surface area contributed by atoms with E-state index in [1.54, 1.807) is 35.0 Å². The summed E-state index contributed by atoms with van der Waals surface area (Å²) >= 11 is 5.98. The third-order valence-electron chi connectivity index (χ3n) is 2.08. The molecule has 0 fully saturated rings. The van der Waals surface area contributed by atoms with E-state index in [-0.39, 0.29) is 5.69 Å². The first-order valence-corrected chi connectivity index (χ1v) is 4.73. The van der Waals surface area contributed by atoms with Crippen LogP contribution in [-0.4, -0.2) is 15.6 Å². The first-order chi connectivity index (χ1) is 7.20. The van der Waals surface area contributed by atoms with Crippen molar-refractivity contribution in [1.29, 1.82) is 0 Å². The van der Waals surface area contributed by atoms with Crippen molar-refractivity contribution in [2.75, 3.05) is 0 Å². The second-order valence-corrected chi connectivity index (χ2v) is 3.43. The van der Waals surface area contributed by atoms with E-state index in [4.69, 9.17) is 16.7 Å². The van der Waals surface area contributed by atoms with E-state index < -0.39 is 5.97 Å². The Hall–Kier alpha value is -1.74. The number of benzene rings is 1. The molecule has 4 heteroatoms. The number of carboxylic acid groups (broad SMARTS) is 1. The largest absolute Gasteiger partial charge is 0.477 e. The Morgan fingerprint density at radius 2 is 1.93 bits per heavy atom. The third-order valence-corrected chi connectivity index (χ3v) is 2.40. The molecule has 0 saturated heterocycles. The van der Waals surface area contributed by atoms with Crippen LogP contribution in [0.25, 0.3) is 5.69 Å². The highest BCUT2D eigenvalue weighted by molar-refractivity contribution is 6.32. The highest BCUT2D eigenvalue weighted by atomic mass is 35.5. The molecular weight excluding hydrogens is 214 g/mol. The minimum atomic E-state index is -0.972. The lowest BCUT2D eigenvalue weighted by Crippen LogP contribution is -2.05. The van der Waals surface area contributed by atoms with Gasteiger partial charge in [0.2, 0.25) is 0 Å². The van der Waals surface area contributed by atoms with Crippen molar-refractivity contribution in [3.8, 4) is 5.69 Å². The van der Waals surface area contributed by atoms with Gasteiger partial charge in [0.15, 0.2) is 0 Å². The number of hydrogen-bond donors (Lipinski definition) is 1. The van der Waals surface area contributed by atoms with Crippen LogP contribution in [0.1, 0.15) is 10.5 Å².